The van der Waals surface area contributed by atoms with E-state index in [0.29, 0.717) is 5.92 Å². The zero-order chi connectivity index (χ0) is 33.4. The summed E-state index contributed by atoms with van der Waals surface area (Å²) in [6.07, 6.45) is 7.11. The summed E-state index contributed by atoms with van der Waals surface area (Å²) in [5.74, 6) is 0.499. The SMILES string of the molecule is CCCCc1ccc(N(c2ccc(C(C)C)cc2)c2ccc(N(c3ccc(CCCC)cc3)c3ccc(C(C)(C)C)cc3)cc2)cc1. The Hall–Kier alpha value is -4.30. The molecule has 0 aliphatic heterocycles. The average Bonchev–Trinajstić information content (AvgIpc) is 3.08. The van der Waals surface area contributed by atoms with Crippen molar-refractivity contribution in [2.24, 2.45) is 0 Å². The number of hydrogen-bond donors (Lipinski definition) is 0. The molecule has 0 heterocycles. The minimum atomic E-state index is 0.108. The van der Waals surface area contributed by atoms with E-state index in [2.05, 4.69) is 180 Å². The zero-order valence-corrected chi connectivity index (χ0v) is 29.8. The summed E-state index contributed by atoms with van der Waals surface area (Å²) in [6.45, 7) is 15.8. The molecule has 0 spiro atoms. The summed E-state index contributed by atoms with van der Waals surface area (Å²) >= 11 is 0. The molecule has 2 heteroatoms. The van der Waals surface area contributed by atoms with E-state index in [9.17, 15) is 0 Å². The molecule has 0 aliphatic carbocycles. The van der Waals surface area contributed by atoms with Crippen molar-refractivity contribution in [1.82, 2.24) is 0 Å². The normalized spacial score (nSPS) is 11.6. The minimum Gasteiger partial charge on any atom is -0.311 e. The van der Waals surface area contributed by atoms with Crippen LogP contribution in [0.25, 0.3) is 0 Å². The summed E-state index contributed by atoms with van der Waals surface area (Å²) in [7, 11) is 0. The molecular formula is C45H54N2. The zero-order valence-electron chi connectivity index (χ0n) is 29.8. The van der Waals surface area contributed by atoms with Gasteiger partial charge in [0, 0.05) is 34.1 Å². The maximum Gasteiger partial charge on any atom is 0.0463 e. The van der Waals surface area contributed by atoms with Crippen LogP contribution in [0.5, 0.6) is 0 Å². The Labute approximate surface area is 285 Å². The Morgan fingerprint density at radius 3 is 1.04 bits per heavy atom. The Morgan fingerprint density at radius 2 is 0.745 bits per heavy atom. The van der Waals surface area contributed by atoms with Gasteiger partial charge in [0.05, 0.1) is 0 Å². The van der Waals surface area contributed by atoms with Crippen LogP contribution in [-0.2, 0) is 18.3 Å². The van der Waals surface area contributed by atoms with Crippen LogP contribution in [-0.4, -0.2) is 0 Å². The van der Waals surface area contributed by atoms with E-state index < -0.39 is 0 Å². The van der Waals surface area contributed by atoms with Gasteiger partial charge in [0.25, 0.3) is 0 Å². The predicted octanol–water partition coefficient (Wildman–Crippen LogP) is 13.7. The second kappa shape index (κ2) is 15.5. The first-order chi connectivity index (χ1) is 22.7. The average molecular weight is 623 g/mol. The standard InChI is InChI=1S/C45H54N2/c1-8-10-12-35-14-22-39(23-15-35)46(41-26-18-37(19-27-41)34(3)4)43-30-32-44(33-31-43)47(40-24-16-36(17-25-40)13-11-9-2)42-28-20-38(21-29-42)45(5,6)7/h14-34H,8-13H2,1-7H3. The molecule has 47 heavy (non-hydrogen) atoms. The first-order valence-electron chi connectivity index (χ1n) is 17.8. The molecule has 0 saturated carbocycles. The van der Waals surface area contributed by atoms with Gasteiger partial charge in [-0.2, -0.15) is 0 Å². The molecule has 0 bridgehead atoms. The van der Waals surface area contributed by atoms with Gasteiger partial charge in [0.15, 0.2) is 0 Å². The van der Waals surface area contributed by atoms with Gasteiger partial charge in [-0.3, -0.25) is 0 Å². The second-order valence-corrected chi connectivity index (χ2v) is 14.3. The van der Waals surface area contributed by atoms with E-state index >= 15 is 0 Å². The molecule has 5 aromatic rings. The van der Waals surface area contributed by atoms with E-state index in [-0.39, 0.29) is 5.41 Å². The lowest BCUT2D eigenvalue weighted by molar-refractivity contribution is 0.590. The van der Waals surface area contributed by atoms with Gasteiger partial charge in [0.2, 0.25) is 0 Å². The van der Waals surface area contributed by atoms with Crippen LogP contribution in [0.2, 0.25) is 0 Å². The van der Waals surface area contributed by atoms with Crippen LogP contribution >= 0.6 is 0 Å². The summed E-state index contributed by atoms with van der Waals surface area (Å²) in [5.41, 5.74) is 12.6. The topological polar surface area (TPSA) is 6.48 Å². The summed E-state index contributed by atoms with van der Waals surface area (Å²) in [6, 6.07) is 45.5. The summed E-state index contributed by atoms with van der Waals surface area (Å²) < 4.78 is 0. The Kier molecular flexibility index (Phi) is 11.2. The number of benzene rings is 5. The maximum absolute atomic E-state index is 2.38. The van der Waals surface area contributed by atoms with Crippen molar-refractivity contribution in [1.29, 1.82) is 0 Å². The van der Waals surface area contributed by atoms with Crippen molar-refractivity contribution in [2.75, 3.05) is 9.80 Å². The molecule has 0 fully saturated rings. The van der Waals surface area contributed by atoms with Gasteiger partial charge in [-0.15, -0.1) is 0 Å². The first-order valence-corrected chi connectivity index (χ1v) is 17.8. The van der Waals surface area contributed by atoms with Gasteiger partial charge in [-0.25, -0.2) is 0 Å². The quantitative estimate of drug-likeness (QED) is 0.129. The molecule has 0 aliphatic rings. The minimum absolute atomic E-state index is 0.108. The van der Waals surface area contributed by atoms with Crippen molar-refractivity contribution in [3.05, 3.63) is 144 Å². The summed E-state index contributed by atoms with van der Waals surface area (Å²) in [4.78, 5) is 4.76. The van der Waals surface area contributed by atoms with Crippen LogP contribution in [0.3, 0.4) is 0 Å². The molecule has 0 unspecified atom stereocenters. The molecule has 2 nitrogen and oxygen atoms in total. The van der Waals surface area contributed by atoms with Gasteiger partial charge in [-0.05, 0) is 132 Å². The fourth-order valence-electron chi connectivity index (χ4n) is 6.15. The highest BCUT2D eigenvalue weighted by molar-refractivity contribution is 5.81. The molecule has 0 atom stereocenters. The van der Waals surface area contributed by atoms with Gasteiger partial charge < -0.3 is 9.80 Å². The highest BCUT2D eigenvalue weighted by atomic mass is 15.2. The van der Waals surface area contributed by atoms with Crippen LogP contribution in [0.4, 0.5) is 34.1 Å². The van der Waals surface area contributed by atoms with Gasteiger partial charge in [0.1, 0.15) is 0 Å². The van der Waals surface area contributed by atoms with Crippen molar-refractivity contribution in [2.45, 2.75) is 98.3 Å². The molecule has 0 saturated heterocycles. The lowest BCUT2D eigenvalue weighted by atomic mass is 9.87. The number of hydrogen-bond acceptors (Lipinski definition) is 2. The number of nitrogens with zero attached hydrogens (tertiary/aromatic N) is 2. The molecule has 0 aromatic heterocycles. The maximum atomic E-state index is 2.38. The lowest BCUT2D eigenvalue weighted by Gasteiger charge is -2.29. The molecule has 244 valence electrons. The molecule has 0 amide bonds. The van der Waals surface area contributed by atoms with E-state index in [4.69, 9.17) is 0 Å². The van der Waals surface area contributed by atoms with E-state index in [0.717, 1.165) is 29.9 Å². The third-order valence-electron chi connectivity index (χ3n) is 9.20. The highest BCUT2D eigenvalue weighted by Gasteiger charge is 2.18. The molecule has 5 aromatic carbocycles. The smallest absolute Gasteiger partial charge is 0.0463 e. The van der Waals surface area contributed by atoms with E-state index in [1.807, 2.05) is 0 Å². The molecular weight excluding hydrogens is 569 g/mol. The van der Waals surface area contributed by atoms with Crippen LogP contribution in [0.15, 0.2) is 121 Å². The molecule has 0 radical (unpaired) electrons. The monoisotopic (exact) mass is 622 g/mol. The van der Waals surface area contributed by atoms with Crippen molar-refractivity contribution >= 4 is 34.1 Å². The van der Waals surface area contributed by atoms with Crippen molar-refractivity contribution in [3.63, 3.8) is 0 Å². The Balaban J connectivity index is 1.54. The van der Waals surface area contributed by atoms with Crippen LogP contribution in [0.1, 0.15) is 102 Å². The van der Waals surface area contributed by atoms with Crippen LogP contribution < -0.4 is 9.80 Å². The number of anilines is 6. The first kappa shape index (κ1) is 34.0. The predicted molar refractivity (Wildman–Crippen MR) is 206 cm³/mol. The molecule has 5 rings (SSSR count). The van der Waals surface area contributed by atoms with Crippen LogP contribution in [0, 0.1) is 0 Å². The van der Waals surface area contributed by atoms with Crippen molar-refractivity contribution < 1.29 is 0 Å². The molecule has 0 N–H and O–H groups in total. The summed E-state index contributed by atoms with van der Waals surface area (Å²) in [5, 5.41) is 0. The number of unbranched alkanes of at least 4 members (excludes halogenated alkanes) is 2. The third-order valence-corrected chi connectivity index (χ3v) is 9.20. The largest absolute Gasteiger partial charge is 0.311 e. The lowest BCUT2D eigenvalue weighted by Crippen LogP contribution is -2.14. The fraction of sp³-hybridized carbons (Fsp3) is 0.333. The van der Waals surface area contributed by atoms with Crippen molar-refractivity contribution in [3.8, 4) is 0 Å². The van der Waals surface area contributed by atoms with Gasteiger partial charge in [-0.1, -0.05) is 110 Å². The Morgan fingerprint density at radius 1 is 0.447 bits per heavy atom. The van der Waals surface area contributed by atoms with Gasteiger partial charge >= 0.3 is 0 Å². The Bertz CT molecular complexity index is 1660. The number of rotatable bonds is 13. The van der Waals surface area contributed by atoms with E-state index in [1.165, 1.54) is 65.0 Å². The highest BCUT2D eigenvalue weighted by Crippen LogP contribution is 2.40. The third kappa shape index (κ3) is 8.55. The number of aryl methyl sites for hydroxylation is 2. The van der Waals surface area contributed by atoms with E-state index in [1.54, 1.807) is 0 Å². The second-order valence-electron chi connectivity index (χ2n) is 14.3. The fourth-order valence-corrected chi connectivity index (χ4v) is 6.15.